The summed E-state index contributed by atoms with van der Waals surface area (Å²) in [6.07, 6.45) is 7.78. The number of pyridine rings is 1. The molecule has 3 rings (SSSR count). The van der Waals surface area contributed by atoms with Crippen LogP contribution in [0, 0.1) is 0 Å². The molecule has 0 saturated heterocycles. The number of hydrogen-bond acceptors (Lipinski definition) is 4. The Morgan fingerprint density at radius 2 is 1.89 bits per heavy atom. The summed E-state index contributed by atoms with van der Waals surface area (Å²) in [7, 11) is 1.74. The highest BCUT2D eigenvalue weighted by Crippen LogP contribution is 2.34. The van der Waals surface area contributed by atoms with Crippen molar-refractivity contribution in [2.24, 2.45) is 0 Å². The van der Waals surface area contributed by atoms with Gasteiger partial charge in [0, 0.05) is 18.2 Å². The Labute approximate surface area is 163 Å². The van der Waals surface area contributed by atoms with Gasteiger partial charge in [0.25, 0.3) is 0 Å². The maximum atomic E-state index is 5.90. The number of hydrogen-bond donors (Lipinski definition) is 1. The van der Waals surface area contributed by atoms with Crippen molar-refractivity contribution in [3.05, 3.63) is 41.5 Å². The topological polar surface area (TPSA) is 51.4 Å². The van der Waals surface area contributed by atoms with Gasteiger partial charge in [0.15, 0.2) is 0 Å². The molecule has 146 valence electrons. The lowest BCUT2D eigenvalue weighted by Crippen LogP contribution is -2.36. The second-order valence-electron chi connectivity index (χ2n) is 7.48. The van der Waals surface area contributed by atoms with E-state index in [9.17, 15) is 0 Å². The predicted octanol–water partition coefficient (Wildman–Crippen LogP) is 5.06. The average Bonchev–Trinajstić information content (AvgIpc) is 2.72. The lowest BCUT2D eigenvalue weighted by Gasteiger charge is -2.34. The standard InChI is InChI=1S/C23H33N3O/c1-4-17-14-20(21-12-9-13-23(24)25-21)22(27-3)15-18(17)16-26(5-2)19-10-7-6-8-11-19/h9,12-15,19H,4-8,10-11,16H2,1-3H3,(H2,24,25). The summed E-state index contributed by atoms with van der Waals surface area (Å²) < 4.78 is 5.74. The van der Waals surface area contributed by atoms with E-state index in [1.807, 2.05) is 18.2 Å². The smallest absolute Gasteiger partial charge is 0.128 e. The molecule has 1 aromatic carbocycles. The van der Waals surface area contributed by atoms with E-state index in [1.165, 1.54) is 43.2 Å². The first-order valence-corrected chi connectivity index (χ1v) is 10.3. The van der Waals surface area contributed by atoms with E-state index in [0.717, 1.165) is 42.6 Å². The van der Waals surface area contributed by atoms with E-state index >= 15 is 0 Å². The van der Waals surface area contributed by atoms with Crippen molar-refractivity contribution in [3.8, 4) is 17.0 Å². The molecular weight excluding hydrogens is 334 g/mol. The van der Waals surface area contributed by atoms with Gasteiger partial charge in [0.05, 0.1) is 12.8 Å². The molecule has 2 aromatic rings. The van der Waals surface area contributed by atoms with Crippen LogP contribution in [0.1, 0.15) is 57.1 Å². The average molecular weight is 368 g/mol. The van der Waals surface area contributed by atoms with Crippen LogP contribution < -0.4 is 10.5 Å². The van der Waals surface area contributed by atoms with Crippen molar-refractivity contribution >= 4 is 5.82 Å². The van der Waals surface area contributed by atoms with Gasteiger partial charge in [-0.3, -0.25) is 4.90 Å². The van der Waals surface area contributed by atoms with Crippen molar-refractivity contribution in [2.45, 2.75) is 65.0 Å². The largest absolute Gasteiger partial charge is 0.496 e. The first-order chi connectivity index (χ1) is 13.2. The molecule has 0 amide bonds. The van der Waals surface area contributed by atoms with Crippen molar-refractivity contribution in [1.29, 1.82) is 0 Å². The SMILES string of the molecule is CCc1cc(-c2cccc(N)n2)c(OC)cc1CN(CC)C1CCCCC1. The van der Waals surface area contributed by atoms with Crippen molar-refractivity contribution < 1.29 is 4.74 Å². The zero-order valence-electron chi connectivity index (χ0n) is 17.0. The van der Waals surface area contributed by atoms with E-state index in [4.69, 9.17) is 10.5 Å². The third-order valence-electron chi connectivity index (χ3n) is 5.82. The van der Waals surface area contributed by atoms with Gasteiger partial charge in [0.2, 0.25) is 0 Å². The molecule has 4 heteroatoms. The first kappa shape index (κ1) is 19.7. The van der Waals surface area contributed by atoms with Crippen LogP contribution in [0.25, 0.3) is 11.3 Å². The van der Waals surface area contributed by atoms with Crippen LogP contribution in [0.4, 0.5) is 5.82 Å². The third-order valence-corrected chi connectivity index (χ3v) is 5.82. The normalized spacial score (nSPS) is 15.3. The van der Waals surface area contributed by atoms with Gasteiger partial charge >= 0.3 is 0 Å². The number of aromatic nitrogens is 1. The van der Waals surface area contributed by atoms with Crippen LogP contribution in [0.15, 0.2) is 30.3 Å². The summed E-state index contributed by atoms with van der Waals surface area (Å²) in [5, 5.41) is 0. The molecule has 27 heavy (non-hydrogen) atoms. The number of methoxy groups -OCH3 is 1. The van der Waals surface area contributed by atoms with Crippen molar-refractivity contribution in [3.63, 3.8) is 0 Å². The fourth-order valence-electron chi connectivity index (χ4n) is 4.28. The number of rotatable bonds is 7. The lowest BCUT2D eigenvalue weighted by molar-refractivity contribution is 0.155. The Hall–Kier alpha value is -2.07. The number of anilines is 1. The number of aryl methyl sites for hydroxylation is 1. The minimum absolute atomic E-state index is 0.533. The lowest BCUT2D eigenvalue weighted by atomic mass is 9.93. The molecule has 1 aromatic heterocycles. The molecule has 1 aliphatic rings. The van der Waals surface area contributed by atoms with Gasteiger partial charge in [-0.05, 0) is 61.2 Å². The fraction of sp³-hybridized carbons (Fsp3) is 0.522. The number of ether oxygens (including phenoxy) is 1. The number of nitrogens with zero attached hydrogens (tertiary/aromatic N) is 2. The molecule has 0 aliphatic heterocycles. The molecule has 1 aliphatic carbocycles. The summed E-state index contributed by atoms with van der Waals surface area (Å²) in [5.74, 6) is 1.41. The number of benzene rings is 1. The molecular formula is C23H33N3O. The van der Waals surface area contributed by atoms with Crippen molar-refractivity contribution in [2.75, 3.05) is 19.4 Å². The molecule has 0 unspecified atom stereocenters. The van der Waals surface area contributed by atoms with Gasteiger partial charge in [-0.1, -0.05) is 39.2 Å². The molecule has 1 heterocycles. The molecule has 2 N–H and O–H groups in total. The Morgan fingerprint density at radius 3 is 2.52 bits per heavy atom. The molecule has 0 spiro atoms. The fourth-order valence-corrected chi connectivity index (χ4v) is 4.28. The molecule has 0 radical (unpaired) electrons. The molecule has 4 nitrogen and oxygen atoms in total. The Balaban J connectivity index is 1.93. The third kappa shape index (κ3) is 4.62. The van der Waals surface area contributed by atoms with Crippen LogP contribution in [-0.2, 0) is 13.0 Å². The van der Waals surface area contributed by atoms with Gasteiger partial charge in [-0.2, -0.15) is 0 Å². The molecule has 1 fully saturated rings. The monoisotopic (exact) mass is 367 g/mol. The van der Waals surface area contributed by atoms with Crippen LogP contribution in [0.2, 0.25) is 0 Å². The Kier molecular flexibility index (Phi) is 6.73. The zero-order valence-corrected chi connectivity index (χ0v) is 17.0. The van der Waals surface area contributed by atoms with E-state index in [1.54, 1.807) is 7.11 Å². The van der Waals surface area contributed by atoms with Crippen LogP contribution in [0.5, 0.6) is 5.75 Å². The van der Waals surface area contributed by atoms with Gasteiger partial charge in [0.1, 0.15) is 11.6 Å². The Morgan fingerprint density at radius 1 is 1.11 bits per heavy atom. The van der Waals surface area contributed by atoms with Crippen LogP contribution in [0.3, 0.4) is 0 Å². The maximum absolute atomic E-state index is 5.90. The molecule has 0 atom stereocenters. The summed E-state index contributed by atoms with van der Waals surface area (Å²) >= 11 is 0. The summed E-state index contributed by atoms with van der Waals surface area (Å²) in [4.78, 5) is 7.14. The summed E-state index contributed by atoms with van der Waals surface area (Å²) in [6, 6.07) is 10.9. The van der Waals surface area contributed by atoms with E-state index < -0.39 is 0 Å². The quantitative estimate of drug-likeness (QED) is 0.743. The highest BCUT2D eigenvalue weighted by atomic mass is 16.5. The van der Waals surface area contributed by atoms with E-state index in [2.05, 4.69) is 35.9 Å². The van der Waals surface area contributed by atoms with E-state index in [0.29, 0.717) is 5.82 Å². The minimum Gasteiger partial charge on any atom is -0.496 e. The molecule has 0 bridgehead atoms. The van der Waals surface area contributed by atoms with Gasteiger partial charge < -0.3 is 10.5 Å². The van der Waals surface area contributed by atoms with E-state index in [-0.39, 0.29) is 0 Å². The first-order valence-electron chi connectivity index (χ1n) is 10.3. The number of nitrogens with two attached hydrogens (primary N) is 1. The van der Waals surface area contributed by atoms with Gasteiger partial charge in [-0.15, -0.1) is 0 Å². The van der Waals surface area contributed by atoms with Gasteiger partial charge in [-0.25, -0.2) is 4.98 Å². The van der Waals surface area contributed by atoms with Crippen LogP contribution >= 0.6 is 0 Å². The summed E-state index contributed by atoms with van der Waals surface area (Å²) in [6.45, 7) is 6.58. The summed E-state index contributed by atoms with van der Waals surface area (Å²) in [5.41, 5.74) is 10.5. The number of nitrogen functional groups attached to an aromatic ring is 1. The highest BCUT2D eigenvalue weighted by molar-refractivity contribution is 5.70. The zero-order chi connectivity index (χ0) is 19.2. The predicted molar refractivity (Wildman–Crippen MR) is 113 cm³/mol. The van der Waals surface area contributed by atoms with Crippen molar-refractivity contribution in [1.82, 2.24) is 9.88 Å². The molecule has 1 saturated carbocycles. The second-order valence-corrected chi connectivity index (χ2v) is 7.48. The Bertz CT molecular complexity index is 753. The highest BCUT2D eigenvalue weighted by Gasteiger charge is 2.21. The second kappa shape index (κ2) is 9.23. The van der Waals surface area contributed by atoms with Crippen LogP contribution in [-0.4, -0.2) is 29.6 Å². The minimum atomic E-state index is 0.533. The maximum Gasteiger partial charge on any atom is 0.128 e.